The fourth-order valence-electron chi connectivity index (χ4n) is 4.86. The lowest BCUT2D eigenvalue weighted by atomic mass is 10.1. The Morgan fingerprint density at radius 2 is 1.46 bits per heavy atom. The first-order valence-electron chi connectivity index (χ1n) is 15.2. The Kier molecular flexibility index (Phi) is 13.0. The highest BCUT2D eigenvalue weighted by Crippen LogP contribution is 2.42. The summed E-state index contributed by atoms with van der Waals surface area (Å²) >= 11 is 1.19. The standard InChI is InChI=1S/C33H43N9O3S/c1-26-22-30(27(2)21-29(26)36-37-33-32(35-4)28(3)31(23-34)46-33)42(13-17-43-15-11-40-9-7-38(5)24-40)14-18-45-20-19-44-16-12-41-10-8-39(6)25-41/h7-10,21-22,24-25H,11-20H2,1-3,5-6H3/q+2. The van der Waals surface area contributed by atoms with Crippen LogP contribution in [0.25, 0.3) is 4.85 Å². The molecule has 0 radical (unpaired) electrons. The van der Waals surface area contributed by atoms with E-state index in [1.54, 1.807) is 6.92 Å². The van der Waals surface area contributed by atoms with Gasteiger partial charge >= 0.3 is 0 Å². The van der Waals surface area contributed by atoms with Crippen LogP contribution < -0.4 is 14.0 Å². The molecule has 0 saturated heterocycles. The van der Waals surface area contributed by atoms with E-state index in [9.17, 15) is 5.26 Å². The molecule has 242 valence electrons. The van der Waals surface area contributed by atoms with E-state index in [4.69, 9.17) is 20.8 Å². The van der Waals surface area contributed by atoms with Crippen molar-refractivity contribution in [1.29, 1.82) is 5.26 Å². The van der Waals surface area contributed by atoms with Crippen molar-refractivity contribution in [2.75, 3.05) is 57.6 Å². The van der Waals surface area contributed by atoms with E-state index in [2.05, 4.69) is 48.2 Å². The van der Waals surface area contributed by atoms with Gasteiger partial charge in [0.2, 0.25) is 18.3 Å². The predicted molar refractivity (Wildman–Crippen MR) is 176 cm³/mol. The van der Waals surface area contributed by atoms with Crippen molar-refractivity contribution in [1.82, 2.24) is 9.13 Å². The fourth-order valence-corrected chi connectivity index (χ4v) is 5.73. The third-order valence-corrected chi connectivity index (χ3v) is 8.50. The minimum absolute atomic E-state index is 0.383. The summed E-state index contributed by atoms with van der Waals surface area (Å²) in [4.78, 5) is 6.34. The van der Waals surface area contributed by atoms with Gasteiger partial charge in [0.05, 0.1) is 70.9 Å². The van der Waals surface area contributed by atoms with Crippen molar-refractivity contribution in [2.24, 2.45) is 24.3 Å². The van der Waals surface area contributed by atoms with E-state index in [1.807, 2.05) is 73.7 Å². The third-order valence-electron chi connectivity index (χ3n) is 7.43. The topological polar surface area (TPSA) is 101 Å². The molecule has 3 aromatic heterocycles. The van der Waals surface area contributed by atoms with E-state index < -0.39 is 0 Å². The second kappa shape index (κ2) is 17.3. The van der Waals surface area contributed by atoms with Crippen molar-refractivity contribution < 1.29 is 23.3 Å². The molecular weight excluding hydrogens is 602 g/mol. The number of aryl methyl sites for hydroxylation is 4. The molecule has 0 atom stereocenters. The van der Waals surface area contributed by atoms with Gasteiger partial charge in [0.25, 0.3) is 0 Å². The lowest BCUT2D eigenvalue weighted by molar-refractivity contribution is -0.671. The van der Waals surface area contributed by atoms with Crippen LogP contribution in [0.2, 0.25) is 0 Å². The molecule has 4 aromatic rings. The summed E-state index contributed by atoms with van der Waals surface area (Å²) in [7, 11) is 4.00. The lowest BCUT2D eigenvalue weighted by Gasteiger charge is -2.27. The van der Waals surface area contributed by atoms with E-state index in [0.717, 1.165) is 35.6 Å². The van der Waals surface area contributed by atoms with E-state index in [1.165, 1.54) is 11.3 Å². The maximum Gasteiger partial charge on any atom is 0.243 e. The number of benzene rings is 1. The van der Waals surface area contributed by atoms with Crippen molar-refractivity contribution in [3.8, 4) is 6.07 Å². The summed E-state index contributed by atoms with van der Waals surface area (Å²) in [5.41, 5.74) is 4.84. The zero-order chi connectivity index (χ0) is 32.9. The number of hydrogen-bond acceptors (Lipinski definition) is 8. The lowest BCUT2D eigenvalue weighted by Crippen LogP contribution is -2.32. The first-order valence-corrected chi connectivity index (χ1v) is 16.0. The van der Waals surface area contributed by atoms with Crippen LogP contribution >= 0.6 is 11.3 Å². The highest BCUT2D eigenvalue weighted by molar-refractivity contribution is 7.17. The van der Waals surface area contributed by atoms with Gasteiger partial charge in [-0.1, -0.05) is 0 Å². The Balaban J connectivity index is 1.35. The molecule has 12 nitrogen and oxygen atoms in total. The van der Waals surface area contributed by atoms with Gasteiger partial charge in [-0.05, 0) is 49.6 Å². The normalized spacial score (nSPS) is 11.3. The molecule has 0 aliphatic heterocycles. The summed E-state index contributed by atoms with van der Waals surface area (Å²) in [6, 6.07) is 6.27. The molecular formula is C33H43N9O3S+2. The number of nitrogens with zero attached hydrogens (tertiary/aromatic N) is 9. The second-order valence-electron chi connectivity index (χ2n) is 11.0. The maximum absolute atomic E-state index is 9.36. The van der Waals surface area contributed by atoms with Gasteiger partial charge in [-0.25, -0.2) is 23.1 Å². The van der Waals surface area contributed by atoms with E-state index >= 15 is 0 Å². The van der Waals surface area contributed by atoms with Gasteiger partial charge in [0.15, 0.2) is 0 Å². The molecule has 0 fully saturated rings. The molecule has 0 N–H and O–H groups in total. The summed E-state index contributed by atoms with van der Waals surface area (Å²) in [6.07, 6.45) is 12.1. The highest BCUT2D eigenvalue weighted by Gasteiger charge is 2.16. The van der Waals surface area contributed by atoms with Crippen LogP contribution in [-0.2, 0) is 41.4 Å². The number of nitriles is 1. The van der Waals surface area contributed by atoms with Gasteiger partial charge < -0.3 is 19.1 Å². The minimum Gasteiger partial charge on any atom is -0.377 e. The molecule has 0 bridgehead atoms. The van der Waals surface area contributed by atoms with Crippen LogP contribution in [0.1, 0.15) is 21.6 Å². The predicted octanol–water partition coefficient (Wildman–Crippen LogP) is 5.02. The Bertz CT molecular complexity index is 1690. The molecule has 0 aliphatic carbocycles. The smallest absolute Gasteiger partial charge is 0.243 e. The average molecular weight is 646 g/mol. The third kappa shape index (κ3) is 9.80. The van der Waals surface area contributed by atoms with Gasteiger partial charge in [-0.2, -0.15) is 15.5 Å². The number of ether oxygens (including phenoxy) is 3. The molecule has 1 aromatic carbocycles. The Hall–Kier alpha value is -4.40. The highest BCUT2D eigenvalue weighted by atomic mass is 32.1. The van der Waals surface area contributed by atoms with Crippen LogP contribution in [0.5, 0.6) is 0 Å². The van der Waals surface area contributed by atoms with Gasteiger partial charge in [-0.3, -0.25) is 0 Å². The Morgan fingerprint density at radius 1 is 0.870 bits per heavy atom. The Morgan fingerprint density at radius 3 is 2.00 bits per heavy atom. The number of azo groups is 1. The van der Waals surface area contributed by atoms with Gasteiger partial charge in [0.1, 0.15) is 48.9 Å². The number of rotatable bonds is 18. The first kappa shape index (κ1) is 34.5. The molecule has 0 amide bonds. The quantitative estimate of drug-likeness (QED) is 0.0655. The second-order valence-corrected chi connectivity index (χ2v) is 12.0. The van der Waals surface area contributed by atoms with Crippen LogP contribution in [0.15, 0.2) is 59.8 Å². The molecule has 4 rings (SSSR count). The first-order chi connectivity index (χ1) is 22.3. The van der Waals surface area contributed by atoms with Crippen molar-refractivity contribution in [3.63, 3.8) is 0 Å². The van der Waals surface area contributed by atoms with Crippen LogP contribution in [0, 0.1) is 38.7 Å². The van der Waals surface area contributed by atoms with Crippen molar-refractivity contribution in [3.05, 3.63) is 82.6 Å². The SMILES string of the molecule is [C-]#[N+]c1c(N=Nc2cc(C)c(N(CCOCCOCCn3cc[n+](C)c3)CCOCCn3cc[n+](C)c3)cc2C)sc(C#N)c1C. The summed E-state index contributed by atoms with van der Waals surface area (Å²) in [5, 5.41) is 18.7. The molecule has 0 unspecified atom stereocenters. The fraction of sp³-hybridized carbons (Fsp3) is 0.455. The molecule has 0 aliphatic rings. The van der Waals surface area contributed by atoms with Crippen LogP contribution in [0.4, 0.5) is 22.1 Å². The average Bonchev–Trinajstić information content (AvgIpc) is 3.74. The minimum atomic E-state index is 0.383. The Labute approximate surface area is 275 Å². The number of imidazole rings is 2. The number of thiophene rings is 1. The summed E-state index contributed by atoms with van der Waals surface area (Å²) < 4.78 is 25.9. The largest absolute Gasteiger partial charge is 0.377 e. The number of hydrogen-bond donors (Lipinski definition) is 0. The van der Waals surface area contributed by atoms with Gasteiger partial charge in [0, 0.05) is 18.8 Å². The number of anilines is 1. The van der Waals surface area contributed by atoms with Gasteiger partial charge in [-0.15, -0.1) is 11.3 Å². The molecule has 13 heteroatoms. The molecule has 3 heterocycles. The zero-order valence-electron chi connectivity index (χ0n) is 27.3. The molecule has 0 spiro atoms. The van der Waals surface area contributed by atoms with Crippen LogP contribution in [0.3, 0.4) is 0 Å². The van der Waals surface area contributed by atoms with E-state index in [-0.39, 0.29) is 0 Å². The maximum atomic E-state index is 9.36. The molecule has 46 heavy (non-hydrogen) atoms. The summed E-state index contributed by atoms with van der Waals surface area (Å²) in [5.74, 6) is 0. The van der Waals surface area contributed by atoms with Crippen molar-refractivity contribution >= 4 is 33.4 Å². The summed E-state index contributed by atoms with van der Waals surface area (Å²) in [6.45, 7) is 19.8. The molecule has 0 saturated carbocycles. The monoisotopic (exact) mass is 645 g/mol. The van der Waals surface area contributed by atoms with E-state index in [0.29, 0.717) is 73.9 Å². The van der Waals surface area contributed by atoms with Crippen molar-refractivity contribution in [2.45, 2.75) is 33.9 Å². The zero-order valence-corrected chi connectivity index (χ0v) is 28.2. The van der Waals surface area contributed by atoms with Crippen LogP contribution in [-0.4, -0.2) is 61.9 Å². The number of aromatic nitrogens is 4.